The van der Waals surface area contributed by atoms with Crippen molar-refractivity contribution in [2.24, 2.45) is 0 Å². The van der Waals surface area contributed by atoms with Gasteiger partial charge in [-0.05, 0) is 26.0 Å². The van der Waals surface area contributed by atoms with E-state index in [0.29, 0.717) is 12.5 Å². The topological polar surface area (TPSA) is 27.0 Å². The van der Waals surface area contributed by atoms with Crippen molar-refractivity contribution in [3.63, 3.8) is 0 Å². The Balaban J connectivity index is 0.000000249. The monoisotopic (exact) mass is 640 g/mol. The molecule has 5 rings (SSSR count). The van der Waals surface area contributed by atoms with Crippen molar-refractivity contribution in [1.82, 2.24) is 4.98 Å². The summed E-state index contributed by atoms with van der Waals surface area (Å²) in [5.74, 6) is 0.547. The summed E-state index contributed by atoms with van der Waals surface area (Å²) in [5.41, 5.74) is 7.98. The number of hydrogen-bond donors (Lipinski definition) is 0. The number of pyridine rings is 1. The zero-order chi connectivity index (χ0) is 24.9. The Kier molecular flexibility index (Phi) is 13.1. The summed E-state index contributed by atoms with van der Waals surface area (Å²) in [7, 11) is 0. The van der Waals surface area contributed by atoms with Crippen molar-refractivity contribution in [2.75, 3.05) is 0 Å². The first kappa shape index (κ1) is 29.5. The van der Waals surface area contributed by atoms with Crippen LogP contribution in [0.4, 0.5) is 5.69 Å². The molecule has 2 nitrogen and oxygen atoms in total. The molecular weight excluding hydrogens is 603 g/mol. The maximum atomic E-state index is 4.79. The summed E-state index contributed by atoms with van der Waals surface area (Å²) < 4.78 is 0. The first-order chi connectivity index (χ1) is 17.0. The van der Waals surface area contributed by atoms with Gasteiger partial charge in [-0.1, -0.05) is 66.9 Å². The van der Waals surface area contributed by atoms with Gasteiger partial charge in [0.05, 0.1) is 0 Å². The van der Waals surface area contributed by atoms with Crippen LogP contribution in [0.1, 0.15) is 58.8 Å². The van der Waals surface area contributed by atoms with Gasteiger partial charge < -0.3 is 11.7 Å². The van der Waals surface area contributed by atoms with Gasteiger partial charge in [-0.25, -0.2) is 0 Å². The Morgan fingerprint density at radius 2 is 1.39 bits per heavy atom. The molecular formula is C33H36HfN2-4. The molecule has 3 heteroatoms. The molecule has 1 aromatic heterocycles. The second kappa shape index (κ2) is 16.1. The average Bonchev–Trinajstić information content (AvgIpc) is 3.40. The number of rotatable bonds is 4. The summed E-state index contributed by atoms with van der Waals surface area (Å²) in [6, 6.07) is 32.5. The molecule has 1 saturated carbocycles. The predicted octanol–water partition coefficient (Wildman–Crippen LogP) is 9.11. The van der Waals surface area contributed by atoms with E-state index in [2.05, 4.69) is 70.5 Å². The predicted molar refractivity (Wildman–Crippen MR) is 150 cm³/mol. The van der Waals surface area contributed by atoms with Crippen molar-refractivity contribution < 1.29 is 25.8 Å². The number of hydrogen-bond acceptors (Lipinski definition) is 1. The quantitative estimate of drug-likeness (QED) is 0.162. The van der Waals surface area contributed by atoms with Gasteiger partial charge in [-0.15, -0.1) is 35.9 Å². The van der Waals surface area contributed by atoms with E-state index in [1.165, 1.54) is 36.1 Å². The SMILES string of the molecule is Cc1cc(C)cc([N-]Cc2cccc(C3[CH-]CCC3)n2)c1.[CH2-]c1ccccc1.[CH2-]c1ccccc1.[Hf]. The van der Waals surface area contributed by atoms with Crippen molar-refractivity contribution >= 4 is 5.69 Å². The zero-order valence-electron chi connectivity index (χ0n) is 21.5. The number of benzene rings is 3. The van der Waals surface area contributed by atoms with E-state index in [4.69, 9.17) is 10.3 Å². The van der Waals surface area contributed by atoms with Crippen LogP contribution in [-0.2, 0) is 32.4 Å². The standard InChI is InChI=1S/C19H22N2.2C7H7.Hf/c1-14-10-15(2)12-18(11-14)20-13-17-8-5-9-19(21-17)16-6-3-4-7-16;2*1-7-5-3-2-4-6-7;/h5-6,8-12,16H,3-4,7,13H2,1-2H3;2*2-6H,1H2;/q-2;2*-1;. The van der Waals surface area contributed by atoms with Crippen molar-refractivity contribution in [2.45, 2.75) is 45.6 Å². The Labute approximate surface area is 237 Å². The summed E-state index contributed by atoms with van der Waals surface area (Å²) in [6.07, 6.45) is 6.16. The molecule has 0 spiro atoms. The Morgan fingerprint density at radius 1 is 0.806 bits per heavy atom. The molecule has 1 heterocycles. The minimum Gasteiger partial charge on any atom is -0.679 e. The molecule has 36 heavy (non-hydrogen) atoms. The molecule has 0 bridgehead atoms. The van der Waals surface area contributed by atoms with Gasteiger partial charge in [0, 0.05) is 37.2 Å². The molecule has 1 unspecified atom stereocenters. The molecule has 4 aromatic rings. The van der Waals surface area contributed by atoms with Crippen molar-refractivity contribution in [3.8, 4) is 0 Å². The van der Waals surface area contributed by atoms with Gasteiger partial charge in [0.2, 0.25) is 0 Å². The van der Waals surface area contributed by atoms with E-state index in [0.717, 1.165) is 22.5 Å². The first-order valence-corrected chi connectivity index (χ1v) is 12.3. The minimum absolute atomic E-state index is 0. The normalized spacial score (nSPS) is 13.8. The van der Waals surface area contributed by atoms with E-state index in [1.54, 1.807) is 0 Å². The molecule has 1 fully saturated rings. The molecule has 1 atom stereocenters. The Morgan fingerprint density at radius 3 is 1.86 bits per heavy atom. The van der Waals surface area contributed by atoms with E-state index in [9.17, 15) is 0 Å². The molecule has 0 radical (unpaired) electrons. The number of nitrogens with zero attached hydrogens (tertiary/aromatic N) is 2. The second-order valence-corrected chi connectivity index (χ2v) is 8.96. The van der Waals surface area contributed by atoms with Crippen LogP contribution in [0.5, 0.6) is 0 Å². The third-order valence-corrected chi connectivity index (χ3v) is 5.69. The van der Waals surface area contributed by atoms with Crippen LogP contribution < -0.4 is 0 Å². The molecule has 186 valence electrons. The molecule has 1 aliphatic carbocycles. The van der Waals surface area contributed by atoms with E-state index in [-0.39, 0.29) is 25.8 Å². The Bertz CT molecular complexity index is 1080. The zero-order valence-corrected chi connectivity index (χ0v) is 25.1. The smallest absolute Gasteiger partial charge is 0.0230 e. The second-order valence-electron chi connectivity index (χ2n) is 8.96. The number of aryl methyl sites for hydroxylation is 2. The van der Waals surface area contributed by atoms with E-state index in [1.807, 2.05) is 60.7 Å². The van der Waals surface area contributed by atoms with Crippen molar-refractivity contribution in [3.05, 3.63) is 156 Å². The maximum Gasteiger partial charge on any atom is 0.0230 e. The van der Waals surface area contributed by atoms with Crippen LogP contribution in [-0.4, -0.2) is 4.98 Å². The van der Waals surface area contributed by atoms with Crippen LogP contribution in [0, 0.1) is 34.1 Å². The van der Waals surface area contributed by atoms with Gasteiger partial charge in [0.15, 0.2) is 0 Å². The van der Waals surface area contributed by atoms with Crippen LogP contribution in [0.3, 0.4) is 0 Å². The molecule has 0 amide bonds. The van der Waals surface area contributed by atoms with Crippen LogP contribution in [0.2, 0.25) is 0 Å². The van der Waals surface area contributed by atoms with Gasteiger partial charge in [-0.2, -0.15) is 55.7 Å². The summed E-state index contributed by atoms with van der Waals surface area (Å²) in [5, 5.41) is 4.69. The minimum atomic E-state index is 0. The molecule has 3 aromatic carbocycles. The van der Waals surface area contributed by atoms with Gasteiger partial charge in [-0.3, -0.25) is 4.98 Å². The fourth-order valence-corrected chi connectivity index (χ4v) is 4.01. The third kappa shape index (κ3) is 10.9. The molecule has 0 aliphatic heterocycles. The van der Waals surface area contributed by atoms with Gasteiger partial charge in [0.1, 0.15) is 0 Å². The van der Waals surface area contributed by atoms with Crippen molar-refractivity contribution in [1.29, 1.82) is 0 Å². The van der Waals surface area contributed by atoms with Crippen LogP contribution in [0.25, 0.3) is 5.32 Å². The summed E-state index contributed by atoms with van der Waals surface area (Å²) >= 11 is 0. The fraction of sp³-hybridized carbons (Fsp3) is 0.212. The maximum absolute atomic E-state index is 4.79. The summed E-state index contributed by atoms with van der Waals surface area (Å²) in [4.78, 5) is 4.79. The number of aromatic nitrogens is 1. The largest absolute Gasteiger partial charge is 0.679 e. The van der Waals surface area contributed by atoms with E-state index < -0.39 is 0 Å². The van der Waals surface area contributed by atoms with Crippen LogP contribution >= 0.6 is 0 Å². The van der Waals surface area contributed by atoms with E-state index >= 15 is 0 Å². The van der Waals surface area contributed by atoms with Gasteiger partial charge >= 0.3 is 0 Å². The molecule has 0 N–H and O–H groups in total. The summed E-state index contributed by atoms with van der Waals surface area (Å²) in [6.45, 7) is 12.3. The third-order valence-electron chi connectivity index (χ3n) is 5.69. The first-order valence-electron chi connectivity index (χ1n) is 12.3. The van der Waals surface area contributed by atoms with Gasteiger partial charge in [0.25, 0.3) is 0 Å². The molecule has 1 aliphatic rings. The van der Waals surface area contributed by atoms with Crippen LogP contribution in [0.15, 0.2) is 97.1 Å². The fourth-order valence-electron chi connectivity index (χ4n) is 4.01. The average molecular weight is 639 g/mol. The Hall–Kier alpha value is -2.78. The molecule has 0 saturated heterocycles.